The van der Waals surface area contributed by atoms with E-state index in [4.69, 9.17) is 9.40 Å². The van der Waals surface area contributed by atoms with Gasteiger partial charge in [0, 0.05) is 59.5 Å². The van der Waals surface area contributed by atoms with E-state index in [1.807, 2.05) is 6.20 Å². The molecule has 0 spiro atoms. The van der Waals surface area contributed by atoms with Gasteiger partial charge in [-0.05, 0) is 42.2 Å². The van der Waals surface area contributed by atoms with E-state index in [2.05, 4.69) is 126 Å². The van der Waals surface area contributed by atoms with Gasteiger partial charge in [-0.1, -0.05) is 56.3 Å². The van der Waals surface area contributed by atoms with Crippen LogP contribution in [0.25, 0.3) is 27.5 Å². The van der Waals surface area contributed by atoms with E-state index in [1.54, 1.807) is 6.33 Å². The lowest BCUT2D eigenvalue weighted by molar-refractivity contribution is 0.379. The van der Waals surface area contributed by atoms with Crippen LogP contribution in [0.1, 0.15) is 37.8 Å². The highest BCUT2D eigenvalue weighted by atomic mass is 16.3. The maximum absolute atomic E-state index is 6.71. The molecule has 0 amide bonds. The summed E-state index contributed by atoms with van der Waals surface area (Å²) in [5, 5.41) is 2.31. The van der Waals surface area contributed by atoms with Crippen molar-refractivity contribution in [3.63, 3.8) is 0 Å². The molecule has 0 N–H and O–H groups in total. The average Bonchev–Trinajstić information content (AvgIpc) is 3.67. The molecule has 4 aliphatic heterocycles. The highest BCUT2D eigenvalue weighted by Crippen LogP contribution is 2.61. The van der Waals surface area contributed by atoms with Gasteiger partial charge in [0.1, 0.15) is 29.9 Å². The van der Waals surface area contributed by atoms with Crippen LogP contribution in [-0.4, -0.2) is 41.3 Å². The van der Waals surface area contributed by atoms with E-state index in [-0.39, 0.29) is 17.7 Å². The molecule has 2 aromatic heterocycles. The molecule has 0 saturated heterocycles. The third kappa shape index (κ3) is 2.67. The summed E-state index contributed by atoms with van der Waals surface area (Å²) in [5.41, 5.74) is 10.5. The number of hydrogen-bond donors (Lipinski definition) is 0. The van der Waals surface area contributed by atoms with Crippen LogP contribution in [0.15, 0.2) is 95.6 Å². The highest BCUT2D eigenvalue weighted by Gasteiger charge is 2.55. The number of aromatic nitrogens is 2. The molecule has 2 atom stereocenters. The lowest BCUT2D eigenvalue weighted by Gasteiger charge is -2.46. The minimum Gasteiger partial charge on any atom is -0.454 e. The molecule has 0 aliphatic carbocycles. The molecular formula is C35H32N6O. The number of nitrogens with zero attached hydrogens (tertiary/aromatic N) is 6. The predicted molar refractivity (Wildman–Crippen MR) is 169 cm³/mol. The number of allylic oxidation sites excluding steroid dienone is 1. The van der Waals surface area contributed by atoms with Crippen molar-refractivity contribution in [2.24, 2.45) is 0 Å². The normalized spacial score (nSPS) is 21.3. The van der Waals surface area contributed by atoms with Crippen LogP contribution in [-0.2, 0) is 5.41 Å². The molecule has 208 valence electrons. The Kier molecular flexibility index (Phi) is 4.64. The zero-order valence-electron chi connectivity index (χ0n) is 24.2. The Balaban J connectivity index is 1.46. The Morgan fingerprint density at radius 3 is 2.52 bits per heavy atom. The van der Waals surface area contributed by atoms with E-state index in [0.29, 0.717) is 0 Å². The molecule has 9 rings (SSSR count). The van der Waals surface area contributed by atoms with E-state index >= 15 is 0 Å². The van der Waals surface area contributed by atoms with Gasteiger partial charge in [-0.25, -0.2) is 9.97 Å². The van der Waals surface area contributed by atoms with E-state index in [0.717, 1.165) is 52.0 Å². The number of anilines is 4. The number of para-hydroxylation sites is 2. The maximum atomic E-state index is 6.71. The van der Waals surface area contributed by atoms with Gasteiger partial charge in [0.05, 0.1) is 11.9 Å². The van der Waals surface area contributed by atoms with Gasteiger partial charge in [-0.3, -0.25) is 0 Å². The lowest BCUT2D eigenvalue weighted by atomic mass is 9.65. The van der Waals surface area contributed by atoms with E-state index < -0.39 is 0 Å². The summed E-state index contributed by atoms with van der Waals surface area (Å²) in [4.78, 5) is 18.9. The van der Waals surface area contributed by atoms with Gasteiger partial charge in [-0.2, -0.15) is 0 Å². The van der Waals surface area contributed by atoms with Gasteiger partial charge < -0.3 is 24.0 Å². The van der Waals surface area contributed by atoms with Crippen molar-refractivity contribution < 1.29 is 4.42 Å². The van der Waals surface area contributed by atoms with Crippen molar-refractivity contribution in [1.29, 1.82) is 0 Å². The summed E-state index contributed by atoms with van der Waals surface area (Å²) >= 11 is 0. The first-order valence-electron chi connectivity index (χ1n) is 14.9. The van der Waals surface area contributed by atoms with Gasteiger partial charge in [0.2, 0.25) is 0 Å². The molecule has 6 heterocycles. The quantitative estimate of drug-likeness (QED) is 0.227. The number of rotatable bonds is 2. The minimum absolute atomic E-state index is 0.0182. The fraction of sp³-hybridized carbons (Fsp3) is 0.257. The second kappa shape index (κ2) is 8.16. The molecule has 7 nitrogen and oxygen atoms in total. The van der Waals surface area contributed by atoms with Gasteiger partial charge in [-0.15, -0.1) is 0 Å². The average molecular weight is 553 g/mol. The fourth-order valence-corrected chi connectivity index (χ4v) is 8.41. The molecular weight excluding hydrogens is 520 g/mol. The first-order chi connectivity index (χ1) is 20.6. The topological polar surface area (TPSA) is 51.9 Å². The second-order valence-electron chi connectivity index (χ2n) is 11.9. The molecule has 2 unspecified atom stereocenters. The van der Waals surface area contributed by atoms with Gasteiger partial charge in [0.15, 0.2) is 11.4 Å². The summed E-state index contributed by atoms with van der Waals surface area (Å²) in [5.74, 6) is 0.954. The van der Waals surface area contributed by atoms with Crippen molar-refractivity contribution in [3.8, 4) is 0 Å². The molecule has 4 aliphatic rings. The summed E-state index contributed by atoms with van der Waals surface area (Å²) in [6, 6.07) is 22.0. The van der Waals surface area contributed by atoms with Crippen LogP contribution >= 0.6 is 0 Å². The molecule has 0 bridgehead atoms. The summed E-state index contributed by atoms with van der Waals surface area (Å²) in [7, 11) is 4.37. The number of furan rings is 1. The molecule has 0 radical (unpaired) electrons. The third-order valence-electron chi connectivity index (χ3n) is 10.2. The van der Waals surface area contributed by atoms with Crippen LogP contribution in [0.2, 0.25) is 0 Å². The van der Waals surface area contributed by atoms with Crippen LogP contribution in [0.5, 0.6) is 0 Å². The molecule has 0 saturated carbocycles. The van der Waals surface area contributed by atoms with Crippen LogP contribution in [0.4, 0.5) is 22.9 Å². The first kappa shape index (κ1) is 23.9. The van der Waals surface area contributed by atoms with E-state index in [9.17, 15) is 0 Å². The first-order valence-corrected chi connectivity index (χ1v) is 14.9. The lowest BCUT2D eigenvalue weighted by Crippen LogP contribution is -2.52. The number of benzene rings is 3. The fourth-order valence-electron chi connectivity index (χ4n) is 8.41. The Bertz CT molecular complexity index is 2000. The van der Waals surface area contributed by atoms with Gasteiger partial charge >= 0.3 is 0 Å². The molecule has 3 aromatic carbocycles. The Morgan fingerprint density at radius 1 is 0.857 bits per heavy atom. The maximum Gasteiger partial charge on any atom is 0.159 e. The Labute approximate surface area is 245 Å². The summed E-state index contributed by atoms with van der Waals surface area (Å²) in [6.07, 6.45) is 9.93. The highest BCUT2D eigenvalue weighted by molar-refractivity contribution is 6.13. The molecule has 5 aromatic rings. The smallest absolute Gasteiger partial charge is 0.159 e. The summed E-state index contributed by atoms with van der Waals surface area (Å²) < 4.78 is 6.71. The standard InChI is InChI=1S/C35H32N6O/c1-5-35(6-2)24-12-8-9-13-25(24)41-26-19-36-20-37-32(26)39(4)34(41)28-29(35)23-16-15-22-21-11-7-10-14-27(21)42-31(22)30(23)40-18-17-38(3)33(28)40/h7-20,33-34H,5-6H2,1-4H3. The second-order valence-corrected chi connectivity index (χ2v) is 11.9. The van der Waals surface area contributed by atoms with Crippen molar-refractivity contribution in [2.45, 2.75) is 44.4 Å². The Hall–Kier alpha value is -4.78. The zero-order valence-corrected chi connectivity index (χ0v) is 24.2. The third-order valence-corrected chi connectivity index (χ3v) is 10.2. The van der Waals surface area contributed by atoms with Crippen molar-refractivity contribution in [2.75, 3.05) is 28.8 Å². The zero-order chi connectivity index (χ0) is 28.3. The number of hydrogen-bond acceptors (Lipinski definition) is 7. The number of fused-ring (bicyclic) bond motifs is 15. The molecule has 42 heavy (non-hydrogen) atoms. The largest absolute Gasteiger partial charge is 0.454 e. The summed E-state index contributed by atoms with van der Waals surface area (Å²) in [6.45, 7) is 4.70. The monoisotopic (exact) mass is 552 g/mol. The predicted octanol–water partition coefficient (Wildman–Crippen LogP) is 7.38. The number of likely N-dealkylation sites (N-methyl/N-ethyl adjacent to an activating group) is 2. The molecule has 0 fully saturated rings. The van der Waals surface area contributed by atoms with E-state index in [1.165, 1.54) is 28.0 Å². The van der Waals surface area contributed by atoms with Gasteiger partial charge in [0.25, 0.3) is 0 Å². The van der Waals surface area contributed by atoms with Crippen LogP contribution in [0, 0.1) is 0 Å². The van der Waals surface area contributed by atoms with Crippen molar-refractivity contribution in [1.82, 2.24) is 14.9 Å². The SMILES string of the molecule is CCC1(CC)C2=C(C3N(C)C=CN3c3c2ccc2c3oc3ccccc32)C2N(C)c3ncncc3N2c2ccccc21. The van der Waals surface area contributed by atoms with Crippen LogP contribution in [0.3, 0.4) is 0 Å². The van der Waals surface area contributed by atoms with Crippen molar-refractivity contribution >= 4 is 50.4 Å². The minimum atomic E-state index is -0.211. The van der Waals surface area contributed by atoms with Crippen LogP contribution < -0.4 is 14.7 Å². The van der Waals surface area contributed by atoms with Crippen molar-refractivity contribution in [3.05, 3.63) is 102 Å². The molecule has 7 heteroatoms. The Morgan fingerprint density at radius 2 is 1.67 bits per heavy atom.